The molecular weight excluding hydrogens is 258 g/mol. The van der Waals surface area contributed by atoms with Gasteiger partial charge in [0.1, 0.15) is 0 Å². The lowest BCUT2D eigenvalue weighted by Crippen LogP contribution is -2.44. The van der Waals surface area contributed by atoms with Crippen molar-refractivity contribution in [3.8, 4) is 0 Å². The summed E-state index contributed by atoms with van der Waals surface area (Å²) in [7, 11) is 1.58. The average molecular weight is 277 g/mol. The number of nitrogens with zero attached hydrogens (tertiary/aromatic N) is 2. The maximum Gasteiger partial charge on any atom is 0.231 e. The van der Waals surface area contributed by atoms with Crippen molar-refractivity contribution in [1.82, 2.24) is 15.2 Å². The normalized spacial score (nSPS) is 17.5. The van der Waals surface area contributed by atoms with E-state index in [1.807, 2.05) is 12.1 Å². The lowest BCUT2D eigenvalue weighted by molar-refractivity contribution is -0.131. The van der Waals surface area contributed by atoms with Gasteiger partial charge in [-0.15, -0.1) is 0 Å². The fourth-order valence-electron chi connectivity index (χ4n) is 2.32. The van der Waals surface area contributed by atoms with Gasteiger partial charge in [0.2, 0.25) is 11.8 Å². The minimum Gasteiger partial charge on any atom is -0.383 e. The fourth-order valence-corrected chi connectivity index (χ4v) is 2.32. The molecule has 1 aliphatic heterocycles. The molecule has 6 heteroatoms. The highest BCUT2D eigenvalue weighted by Crippen LogP contribution is 2.26. The van der Waals surface area contributed by atoms with Gasteiger partial charge in [-0.3, -0.25) is 14.6 Å². The Morgan fingerprint density at radius 1 is 1.55 bits per heavy atom. The number of methoxy groups -OCH3 is 1. The number of carbonyl (C=O) groups excluding carboxylic acids is 2. The molecule has 108 valence electrons. The first kappa shape index (κ1) is 14.5. The Morgan fingerprint density at radius 3 is 3.05 bits per heavy atom. The topological polar surface area (TPSA) is 71.5 Å². The van der Waals surface area contributed by atoms with E-state index in [1.54, 1.807) is 18.2 Å². The summed E-state index contributed by atoms with van der Waals surface area (Å²) in [6.07, 6.45) is 1.68. The Morgan fingerprint density at radius 2 is 2.35 bits per heavy atom. The first-order valence-corrected chi connectivity index (χ1v) is 6.59. The molecule has 0 radical (unpaired) electrons. The van der Waals surface area contributed by atoms with Crippen LogP contribution in [-0.4, -0.2) is 48.5 Å². The monoisotopic (exact) mass is 277 g/mol. The standard InChI is InChI=1S/C14H19N3O3/c1-10(18)17-8-11-4-3-5-15-13(11)12(9-17)14(19)16-6-7-20-2/h3-5,12H,6-9H2,1-2H3,(H,16,19). The third kappa shape index (κ3) is 3.14. The van der Waals surface area contributed by atoms with E-state index < -0.39 is 5.92 Å². The molecule has 1 atom stereocenters. The maximum atomic E-state index is 12.3. The largest absolute Gasteiger partial charge is 0.383 e. The van der Waals surface area contributed by atoms with Crippen molar-refractivity contribution in [3.05, 3.63) is 29.6 Å². The summed E-state index contributed by atoms with van der Waals surface area (Å²) >= 11 is 0. The molecule has 0 saturated heterocycles. The smallest absolute Gasteiger partial charge is 0.231 e. The SMILES string of the molecule is COCCNC(=O)C1CN(C(C)=O)Cc2cccnc21. The molecule has 0 aromatic carbocycles. The number of aromatic nitrogens is 1. The zero-order valence-electron chi connectivity index (χ0n) is 11.8. The van der Waals surface area contributed by atoms with E-state index in [1.165, 1.54) is 6.92 Å². The minimum atomic E-state index is -0.416. The van der Waals surface area contributed by atoms with Gasteiger partial charge in [-0.05, 0) is 11.6 Å². The summed E-state index contributed by atoms with van der Waals surface area (Å²) < 4.78 is 4.91. The van der Waals surface area contributed by atoms with E-state index in [0.29, 0.717) is 26.2 Å². The number of hydrogen-bond acceptors (Lipinski definition) is 4. The third-order valence-electron chi connectivity index (χ3n) is 3.39. The van der Waals surface area contributed by atoms with E-state index in [4.69, 9.17) is 4.74 Å². The fraction of sp³-hybridized carbons (Fsp3) is 0.500. The van der Waals surface area contributed by atoms with Crippen LogP contribution >= 0.6 is 0 Å². The molecular formula is C14H19N3O3. The summed E-state index contributed by atoms with van der Waals surface area (Å²) in [5.74, 6) is -0.567. The molecule has 1 aliphatic rings. The number of hydrogen-bond donors (Lipinski definition) is 1. The first-order chi connectivity index (χ1) is 9.63. The van der Waals surface area contributed by atoms with E-state index in [2.05, 4.69) is 10.3 Å². The number of pyridine rings is 1. The predicted molar refractivity (Wildman–Crippen MR) is 73.0 cm³/mol. The summed E-state index contributed by atoms with van der Waals surface area (Å²) in [6.45, 7) is 3.32. The van der Waals surface area contributed by atoms with Crippen LogP contribution < -0.4 is 5.32 Å². The van der Waals surface area contributed by atoms with Crippen LogP contribution in [0.15, 0.2) is 18.3 Å². The lowest BCUT2D eigenvalue weighted by atomic mass is 9.94. The predicted octanol–water partition coefficient (Wildman–Crippen LogP) is 0.290. The van der Waals surface area contributed by atoms with Gasteiger partial charge in [-0.1, -0.05) is 6.07 Å². The highest BCUT2D eigenvalue weighted by atomic mass is 16.5. The molecule has 1 aromatic heterocycles. The van der Waals surface area contributed by atoms with Gasteiger partial charge in [0.25, 0.3) is 0 Å². The molecule has 0 fully saturated rings. The van der Waals surface area contributed by atoms with Crippen molar-refractivity contribution in [2.24, 2.45) is 0 Å². The van der Waals surface area contributed by atoms with E-state index in [0.717, 1.165) is 11.3 Å². The minimum absolute atomic E-state index is 0.0332. The molecule has 2 amide bonds. The Kier molecular flexibility index (Phi) is 4.68. The summed E-state index contributed by atoms with van der Waals surface area (Å²) in [6, 6.07) is 3.73. The summed E-state index contributed by atoms with van der Waals surface area (Å²) in [5.41, 5.74) is 1.70. The molecule has 20 heavy (non-hydrogen) atoms. The van der Waals surface area contributed by atoms with Crippen molar-refractivity contribution in [1.29, 1.82) is 0 Å². The summed E-state index contributed by atoms with van der Waals surface area (Å²) in [4.78, 5) is 29.8. The summed E-state index contributed by atoms with van der Waals surface area (Å²) in [5, 5.41) is 2.81. The van der Waals surface area contributed by atoms with Crippen molar-refractivity contribution in [3.63, 3.8) is 0 Å². The third-order valence-corrected chi connectivity index (χ3v) is 3.39. The maximum absolute atomic E-state index is 12.3. The first-order valence-electron chi connectivity index (χ1n) is 6.59. The van der Waals surface area contributed by atoms with Crippen LogP contribution in [-0.2, 0) is 20.9 Å². The number of rotatable bonds is 4. The number of ether oxygens (including phenoxy) is 1. The van der Waals surface area contributed by atoms with E-state index in [9.17, 15) is 9.59 Å². The second-order valence-corrected chi connectivity index (χ2v) is 4.78. The van der Waals surface area contributed by atoms with Crippen LogP contribution in [0, 0.1) is 0 Å². The van der Waals surface area contributed by atoms with Crippen molar-refractivity contribution >= 4 is 11.8 Å². The zero-order valence-corrected chi connectivity index (χ0v) is 11.8. The van der Waals surface area contributed by atoms with Crippen LogP contribution in [0.1, 0.15) is 24.1 Å². The number of nitrogens with one attached hydrogen (secondary N) is 1. The molecule has 0 saturated carbocycles. The molecule has 1 N–H and O–H groups in total. The molecule has 0 aliphatic carbocycles. The quantitative estimate of drug-likeness (QED) is 0.803. The van der Waals surface area contributed by atoms with Crippen molar-refractivity contribution in [2.75, 3.05) is 26.8 Å². The highest BCUT2D eigenvalue weighted by Gasteiger charge is 2.32. The average Bonchev–Trinajstić information content (AvgIpc) is 2.46. The van der Waals surface area contributed by atoms with Gasteiger partial charge >= 0.3 is 0 Å². The molecule has 1 aromatic rings. The number of carbonyl (C=O) groups is 2. The number of amides is 2. The molecule has 1 unspecified atom stereocenters. The molecule has 6 nitrogen and oxygen atoms in total. The van der Waals surface area contributed by atoms with Crippen molar-refractivity contribution in [2.45, 2.75) is 19.4 Å². The second kappa shape index (κ2) is 6.47. The van der Waals surface area contributed by atoms with Gasteiger partial charge in [-0.2, -0.15) is 0 Å². The Bertz CT molecular complexity index is 504. The molecule has 2 rings (SSSR count). The van der Waals surface area contributed by atoms with Gasteiger partial charge in [0.15, 0.2) is 0 Å². The van der Waals surface area contributed by atoms with Crippen LogP contribution in [0.4, 0.5) is 0 Å². The second-order valence-electron chi connectivity index (χ2n) is 4.78. The van der Waals surface area contributed by atoms with Gasteiger partial charge in [0.05, 0.1) is 18.2 Å². The molecule has 0 spiro atoms. The zero-order chi connectivity index (χ0) is 14.5. The molecule has 2 heterocycles. The van der Waals surface area contributed by atoms with Gasteiger partial charge in [-0.25, -0.2) is 0 Å². The van der Waals surface area contributed by atoms with Crippen molar-refractivity contribution < 1.29 is 14.3 Å². The Labute approximate surface area is 118 Å². The Balaban J connectivity index is 2.18. The van der Waals surface area contributed by atoms with Crippen LogP contribution in [0.2, 0.25) is 0 Å². The lowest BCUT2D eigenvalue weighted by Gasteiger charge is -2.32. The Hall–Kier alpha value is -1.95. The molecule has 0 bridgehead atoms. The van der Waals surface area contributed by atoms with E-state index in [-0.39, 0.29) is 11.8 Å². The van der Waals surface area contributed by atoms with E-state index >= 15 is 0 Å². The van der Waals surface area contributed by atoms with Crippen LogP contribution in [0.5, 0.6) is 0 Å². The van der Waals surface area contributed by atoms with Gasteiger partial charge < -0.3 is 15.0 Å². The number of fused-ring (bicyclic) bond motifs is 1. The van der Waals surface area contributed by atoms with Crippen LogP contribution in [0.25, 0.3) is 0 Å². The van der Waals surface area contributed by atoms with Crippen LogP contribution in [0.3, 0.4) is 0 Å². The highest BCUT2D eigenvalue weighted by molar-refractivity contribution is 5.85. The van der Waals surface area contributed by atoms with Gasteiger partial charge in [0, 0.05) is 39.9 Å².